The van der Waals surface area contributed by atoms with Crippen LogP contribution in [0.2, 0.25) is 0 Å². The quantitative estimate of drug-likeness (QED) is 0.789. The number of carbonyl (C=O) groups excluding carboxylic acids is 2. The number of hydrogen-bond donors (Lipinski definition) is 2. The first-order chi connectivity index (χ1) is 12.0. The Morgan fingerprint density at radius 2 is 1.72 bits per heavy atom. The Bertz CT molecular complexity index is 728. The number of nitrogens with one attached hydrogen (secondary N) is 2. The zero-order valence-corrected chi connectivity index (χ0v) is 14.5. The van der Waals surface area contributed by atoms with Crippen molar-refractivity contribution in [2.75, 3.05) is 7.11 Å². The molecular formula is C19H22N2O4. The largest absolute Gasteiger partial charge is 0.497 e. The summed E-state index contributed by atoms with van der Waals surface area (Å²) in [6.45, 7) is 3.52. The van der Waals surface area contributed by atoms with Crippen LogP contribution in [-0.2, 0) is 16.0 Å². The molecule has 6 heteroatoms. The molecule has 2 N–H and O–H groups in total. The van der Waals surface area contributed by atoms with Crippen molar-refractivity contribution in [1.82, 2.24) is 10.9 Å². The van der Waals surface area contributed by atoms with Crippen LogP contribution in [0.5, 0.6) is 11.5 Å². The van der Waals surface area contributed by atoms with Gasteiger partial charge in [0, 0.05) is 0 Å². The van der Waals surface area contributed by atoms with Crippen LogP contribution in [0.3, 0.4) is 0 Å². The monoisotopic (exact) mass is 342 g/mol. The summed E-state index contributed by atoms with van der Waals surface area (Å²) in [6.07, 6.45) is -0.584. The first-order valence-corrected chi connectivity index (χ1v) is 7.93. The molecule has 1 atom stereocenters. The Morgan fingerprint density at radius 1 is 1.04 bits per heavy atom. The second-order valence-electron chi connectivity index (χ2n) is 5.59. The van der Waals surface area contributed by atoms with E-state index in [9.17, 15) is 9.59 Å². The first kappa shape index (κ1) is 18.3. The molecule has 0 bridgehead atoms. The van der Waals surface area contributed by atoms with E-state index in [1.807, 2.05) is 25.1 Å². The number of ether oxygens (including phenoxy) is 2. The molecular weight excluding hydrogens is 320 g/mol. The fourth-order valence-electron chi connectivity index (χ4n) is 2.14. The van der Waals surface area contributed by atoms with E-state index in [-0.39, 0.29) is 12.3 Å². The standard InChI is InChI=1S/C19H22N2O4/c1-13-6-4-5-7-17(13)25-14(2)19(23)21-20-18(22)12-15-8-10-16(24-3)11-9-15/h4-11,14H,12H2,1-3H3,(H,20,22)(H,21,23). The highest BCUT2D eigenvalue weighted by Crippen LogP contribution is 2.17. The van der Waals surface area contributed by atoms with Crippen molar-refractivity contribution in [1.29, 1.82) is 0 Å². The molecule has 2 amide bonds. The van der Waals surface area contributed by atoms with Crippen molar-refractivity contribution in [3.05, 3.63) is 59.7 Å². The van der Waals surface area contributed by atoms with Crippen LogP contribution in [0.1, 0.15) is 18.1 Å². The SMILES string of the molecule is COc1ccc(CC(=O)NNC(=O)C(C)Oc2ccccc2C)cc1. The minimum atomic E-state index is -0.734. The average molecular weight is 342 g/mol. The normalized spacial score (nSPS) is 11.3. The third-order valence-corrected chi connectivity index (χ3v) is 3.62. The van der Waals surface area contributed by atoms with Crippen LogP contribution in [0.25, 0.3) is 0 Å². The van der Waals surface area contributed by atoms with Gasteiger partial charge in [0.15, 0.2) is 6.10 Å². The van der Waals surface area contributed by atoms with Gasteiger partial charge in [0.2, 0.25) is 5.91 Å². The van der Waals surface area contributed by atoms with E-state index in [2.05, 4.69) is 10.9 Å². The molecule has 2 aromatic carbocycles. The zero-order chi connectivity index (χ0) is 18.2. The van der Waals surface area contributed by atoms with Gasteiger partial charge in [-0.15, -0.1) is 0 Å². The average Bonchev–Trinajstić information content (AvgIpc) is 2.62. The van der Waals surface area contributed by atoms with E-state index < -0.39 is 12.0 Å². The number of methoxy groups -OCH3 is 1. The second-order valence-corrected chi connectivity index (χ2v) is 5.59. The molecule has 6 nitrogen and oxygen atoms in total. The number of hydrogen-bond acceptors (Lipinski definition) is 4. The number of carbonyl (C=O) groups is 2. The zero-order valence-electron chi connectivity index (χ0n) is 14.5. The van der Waals surface area contributed by atoms with Crippen molar-refractivity contribution >= 4 is 11.8 Å². The minimum Gasteiger partial charge on any atom is -0.497 e. The lowest BCUT2D eigenvalue weighted by Crippen LogP contribution is -2.47. The molecule has 0 saturated carbocycles. The number of hydrazine groups is 1. The Labute approximate surface area is 147 Å². The van der Waals surface area contributed by atoms with Gasteiger partial charge in [-0.05, 0) is 43.2 Å². The van der Waals surface area contributed by atoms with Crippen molar-refractivity contribution in [3.63, 3.8) is 0 Å². The molecule has 0 aromatic heterocycles. The molecule has 0 aliphatic rings. The van der Waals surface area contributed by atoms with Crippen molar-refractivity contribution < 1.29 is 19.1 Å². The first-order valence-electron chi connectivity index (χ1n) is 7.93. The lowest BCUT2D eigenvalue weighted by molar-refractivity contribution is -0.132. The lowest BCUT2D eigenvalue weighted by Gasteiger charge is -2.16. The molecule has 0 fully saturated rings. The third-order valence-electron chi connectivity index (χ3n) is 3.62. The summed E-state index contributed by atoms with van der Waals surface area (Å²) >= 11 is 0. The lowest BCUT2D eigenvalue weighted by atomic mass is 10.1. The molecule has 2 rings (SSSR count). The van der Waals surface area contributed by atoms with E-state index in [0.717, 1.165) is 16.9 Å². The predicted octanol–water partition coefficient (Wildman–Crippen LogP) is 2.16. The van der Waals surface area contributed by atoms with Gasteiger partial charge in [-0.25, -0.2) is 0 Å². The summed E-state index contributed by atoms with van der Waals surface area (Å²) in [4.78, 5) is 23.9. The maximum absolute atomic E-state index is 12.0. The highest BCUT2D eigenvalue weighted by atomic mass is 16.5. The van der Waals surface area contributed by atoms with Crippen LogP contribution in [0.15, 0.2) is 48.5 Å². The fraction of sp³-hybridized carbons (Fsp3) is 0.263. The molecule has 1 unspecified atom stereocenters. The fourth-order valence-corrected chi connectivity index (χ4v) is 2.14. The summed E-state index contributed by atoms with van der Waals surface area (Å²) < 4.78 is 10.7. The molecule has 0 radical (unpaired) electrons. The summed E-state index contributed by atoms with van der Waals surface area (Å²) in [5.41, 5.74) is 6.52. The molecule has 0 aliphatic carbocycles. The summed E-state index contributed by atoms with van der Waals surface area (Å²) in [5, 5.41) is 0. The van der Waals surface area contributed by atoms with Crippen molar-refractivity contribution in [2.24, 2.45) is 0 Å². The molecule has 132 valence electrons. The number of aryl methyl sites for hydroxylation is 1. The van der Waals surface area contributed by atoms with Crippen LogP contribution in [-0.4, -0.2) is 25.0 Å². The van der Waals surface area contributed by atoms with Gasteiger partial charge in [-0.3, -0.25) is 20.4 Å². The van der Waals surface area contributed by atoms with E-state index >= 15 is 0 Å². The number of benzene rings is 2. The highest BCUT2D eigenvalue weighted by Gasteiger charge is 2.16. The van der Waals surface area contributed by atoms with Gasteiger partial charge in [-0.1, -0.05) is 30.3 Å². The van der Waals surface area contributed by atoms with Crippen LogP contribution in [0, 0.1) is 6.92 Å². The second kappa shape index (κ2) is 8.73. The molecule has 0 spiro atoms. The topological polar surface area (TPSA) is 76.7 Å². The number of para-hydroxylation sites is 1. The highest BCUT2D eigenvalue weighted by molar-refractivity contribution is 5.85. The Morgan fingerprint density at radius 3 is 2.36 bits per heavy atom. The van der Waals surface area contributed by atoms with Crippen LogP contribution >= 0.6 is 0 Å². The van der Waals surface area contributed by atoms with E-state index in [4.69, 9.17) is 9.47 Å². The Balaban J connectivity index is 1.80. The maximum atomic E-state index is 12.0. The van der Waals surface area contributed by atoms with Gasteiger partial charge < -0.3 is 9.47 Å². The van der Waals surface area contributed by atoms with Crippen LogP contribution in [0.4, 0.5) is 0 Å². The number of rotatable bonds is 6. The summed E-state index contributed by atoms with van der Waals surface area (Å²) in [6, 6.07) is 14.6. The van der Waals surface area contributed by atoms with E-state index in [1.165, 1.54) is 0 Å². The minimum absolute atomic E-state index is 0.150. The predicted molar refractivity (Wildman–Crippen MR) is 94.3 cm³/mol. The molecule has 0 saturated heterocycles. The van der Waals surface area contributed by atoms with E-state index in [1.54, 1.807) is 44.4 Å². The van der Waals surface area contributed by atoms with Gasteiger partial charge in [0.1, 0.15) is 11.5 Å². The van der Waals surface area contributed by atoms with Gasteiger partial charge in [0.25, 0.3) is 5.91 Å². The third kappa shape index (κ3) is 5.53. The maximum Gasteiger partial charge on any atom is 0.279 e. The van der Waals surface area contributed by atoms with Gasteiger partial charge in [0.05, 0.1) is 13.5 Å². The Hall–Kier alpha value is -3.02. The van der Waals surface area contributed by atoms with Gasteiger partial charge >= 0.3 is 0 Å². The summed E-state index contributed by atoms with van der Waals surface area (Å²) in [7, 11) is 1.58. The van der Waals surface area contributed by atoms with E-state index in [0.29, 0.717) is 5.75 Å². The van der Waals surface area contributed by atoms with Crippen LogP contribution < -0.4 is 20.3 Å². The molecule has 25 heavy (non-hydrogen) atoms. The smallest absolute Gasteiger partial charge is 0.279 e. The van der Waals surface area contributed by atoms with Crippen molar-refractivity contribution in [3.8, 4) is 11.5 Å². The molecule has 0 aliphatic heterocycles. The molecule has 2 aromatic rings. The Kier molecular flexibility index (Phi) is 6.39. The van der Waals surface area contributed by atoms with Gasteiger partial charge in [-0.2, -0.15) is 0 Å². The summed E-state index contributed by atoms with van der Waals surface area (Å²) in [5.74, 6) is 0.613. The molecule has 0 heterocycles. The van der Waals surface area contributed by atoms with Crippen molar-refractivity contribution in [2.45, 2.75) is 26.4 Å². The number of amides is 2.